The molecule has 2 rings (SSSR count). The van der Waals surface area contributed by atoms with Crippen molar-refractivity contribution in [1.82, 2.24) is 0 Å². The van der Waals surface area contributed by atoms with Gasteiger partial charge in [0.15, 0.2) is 0 Å². The molecule has 108 valence electrons. The van der Waals surface area contributed by atoms with E-state index in [9.17, 15) is 9.59 Å². The number of aliphatic carboxylic acids is 1. The number of carbonyl (C=O) groups is 2. The van der Waals surface area contributed by atoms with Crippen molar-refractivity contribution in [2.24, 2.45) is 0 Å². The summed E-state index contributed by atoms with van der Waals surface area (Å²) < 4.78 is 0. The Bertz CT molecular complexity index is 507. The molecule has 6 heteroatoms. The summed E-state index contributed by atoms with van der Waals surface area (Å²) in [4.78, 5) is 25.9. The van der Waals surface area contributed by atoms with E-state index >= 15 is 0 Å². The molecule has 0 aliphatic carbocycles. The molecule has 0 saturated heterocycles. The minimum atomic E-state index is -0.822. The number of nitrogens with zero attached hydrogens (tertiary/aromatic N) is 1. The molecule has 0 radical (unpaired) electrons. The predicted octanol–water partition coefficient (Wildman–Crippen LogP) is 2.72. The number of carboxylic acid groups (broad SMARTS) is 1. The average molecular weight is 311 g/mol. The van der Waals surface area contributed by atoms with Crippen LogP contribution in [0.3, 0.4) is 0 Å². The number of para-hydroxylation sites is 1. The van der Waals surface area contributed by atoms with Crippen molar-refractivity contribution in [3.8, 4) is 0 Å². The fourth-order valence-corrected chi connectivity index (χ4v) is 3.86. The van der Waals surface area contributed by atoms with Crippen LogP contribution in [-0.4, -0.2) is 40.3 Å². The summed E-state index contributed by atoms with van der Waals surface area (Å²) >= 11 is 3.17. The lowest BCUT2D eigenvalue weighted by molar-refractivity contribution is -0.136. The van der Waals surface area contributed by atoms with Gasteiger partial charge in [-0.25, -0.2) is 0 Å². The Morgan fingerprint density at radius 2 is 2.20 bits per heavy atom. The van der Waals surface area contributed by atoms with E-state index in [-0.39, 0.29) is 17.6 Å². The van der Waals surface area contributed by atoms with Crippen LogP contribution in [0.5, 0.6) is 0 Å². The van der Waals surface area contributed by atoms with Gasteiger partial charge in [0, 0.05) is 22.4 Å². The molecule has 1 aromatic carbocycles. The number of rotatable bonds is 5. The first-order valence-electron chi connectivity index (χ1n) is 6.43. The van der Waals surface area contributed by atoms with Gasteiger partial charge in [0.25, 0.3) is 0 Å². The van der Waals surface area contributed by atoms with Crippen LogP contribution in [0.2, 0.25) is 0 Å². The van der Waals surface area contributed by atoms with E-state index < -0.39 is 5.97 Å². The molecule has 20 heavy (non-hydrogen) atoms. The van der Waals surface area contributed by atoms with Crippen LogP contribution < -0.4 is 4.90 Å². The number of hydrogen-bond donors (Lipinski definition) is 1. The van der Waals surface area contributed by atoms with E-state index in [1.54, 1.807) is 11.8 Å². The number of amides is 1. The first kappa shape index (κ1) is 15.3. The highest BCUT2D eigenvalue weighted by atomic mass is 32.2. The maximum Gasteiger partial charge on any atom is 0.304 e. The van der Waals surface area contributed by atoms with Gasteiger partial charge in [-0.1, -0.05) is 19.1 Å². The third-order valence-electron chi connectivity index (χ3n) is 2.98. The minimum absolute atomic E-state index is 0.0501. The Kier molecular flexibility index (Phi) is 5.37. The van der Waals surface area contributed by atoms with E-state index in [1.807, 2.05) is 36.1 Å². The Labute approximate surface area is 126 Å². The van der Waals surface area contributed by atoms with Crippen LogP contribution >= 0.6 is 23.5 Å². The molecule has 0 aromatic heterocycles. The molecule has 1 aromatic rings. The number of thioether (sulfide) groups is 2. The van der Waals surface area contributed by atoms with E-state index in [4.69, 9.17) is 5.11 Å². The van der Waals surface area contributed by atoms with E-state index in [0.29, 0.717) is 12.3 Å². The van der Waals surface area contributed by atoms with Gasteiger partial charge in [-0.15, -0.1) is 23.5 Å². The molecular weight excluding hydrogens is 294 g/mol. The van der Waals surface area contributed by atoms with Crippen molar-refractivity contribution < 1.29 is 14.7 Å². The van der Waals surface area contributed by atoms with Crippen molar-refractivity contribution in [3.63, 3.8) is 0 Å². The van der Waals surface area contributed by atoms with Gasteiger partial charge in [-0.05, 0) is 12.1 Å². The Balaban J connectivity index is 1.95. The zero-order chi connectivity index (χ0) is 14.5. The van der Waals surface area contributed by atoms with Crippen LogP contribution in [0.4, 0.5) is 5.69 Å². The van der Waals surface area contributed by atoms with Gasteiger partial charge in [0.2, 0.25) is 5.91 Å². The Morgan fingerprint density at radius 1 is 1.45 bits per heavy atom. The lowest BCUT2D eigenvalue weighted by atomic mass is 10.3. The fourth-order valence-electron chi connectivity index (χ4n) is 2.02. The molecule has 1 aliphatic heterocycles. The molecule has 1 unspecified atom stereocenters. The minimum Gasteiger partial charge on any atom is -0.481 e. The summed E-state index contributed by atoms with van der Waals surface area (Å²) in [6.07, 6.45) is 0.0877. The lowest BCUT2D eigenvalue weighted by Gasteiger charge is -2.29. The van der Waals surface area contributed by atoms with Crippen molar-refractivity contribution >= 4 is 41.1 Å². The predicted molar refractivity (Wildman–Crippen MR) is 83.7 cm³/mol. The first-order chi connectivity index (χ1) is 9.58. The largest absolute Gasteiger partial charge is 0.481 e. The summed E-state index contributed by atoms with van der Waals surface area (Å²) in [7, 11) is 0. The first-order valence-corrected chi connectivity index (χ1v) is 8.47. The molecule has 1 N–H and O–H groups in total. The number of fused-ring (bicyclic) bond motifs is 1. The molecule has 0 fully saturated rings. The maximum absolute atomic E-state index is 12.3. The highest BCUT2D eigenvalue weighted by Gasteiger charge is 2.23. The molecule has 1 atom stereocenters. The van der Waals surface area contributed by atoms with Gasteiger partial charge in [-0.2, -0.15) is 0 Å². The summed E-state index contributed by atoms with van der Waals surface area (Å²) in [5, 5.41) is 8.67. The zero-order valence-electron chi connectivity index (χ0n) is 11.2. The third-order valence-corrected chi connectivity index (χ3v) is 5.18. The number of benzene rings is 1. The molecule has 0 saturated carbocycles. The summed E-state index contributed by atoms with van der Waals surface area (Å²) in [6, 6.07) is 7.90. The van der Waals surface area contributed by atoms with Gasteiger partial charge in [0.1, 0.15) is 0 Å². The van der Waals surface area contributed by atoms with Crippen LogP contribution in [0, 0.1) is 0 Å². The topological polar surface area (TPSA) is 57.6 Å². The molecule has 1 amide bonds. The Hall–Kier alpha value is -1.14. The molecule has 0 spiro atoms. The third kappa shape index (κ3) is 3.93. The van der Waals surface area contributed by atoms with Crippen molar-refractivity contribution in [2.75, 3.05) is 23.0 Å². The molecule has 1 aliphatic rings. The van der Waals surface area contributed by atoms with Crippen LogP contribution in [0.15, 0.2) is 29.2 Å². The normalized spacial score (nSPS) is 15.6. The zero-order valence-corrected chi connectivity index (χ0v) is 12.9. The second-order valence-electron chi connectivity index (χ2n) is 4.58. The van der Waals surface area contributed by atoms with Crippen LogP contribution in [-0.2, 0) is 9.59 Å². The summed E-state index contributed by atoms with van der Waals surface area (Å²) in [6.45, 7) is 2.56. The SMILES string of the molecule is CC(CC(=O)O)SCC(=O)N1CCSc2ccccc21. The monoisotopic (exact) mass is 311 g/mol. The molecule has 1 heterocycles. The molecule has 4 nitrogen and oxygen atoms in total. The van der Waals surface area contributed by atoms with E-state index in [2.05, 4.69) is 0 Å². The summed E-state index contributed by atoms with van der Waals surface area (Å²) in [5.74, 6) is 0.461. The van der Waals surface area contributed by atoms with Gasteiger partial charge in [0.05, 0.1) is 17.9 Å². The van der Waals surface area contributed by atoms with E-state index in [0.717, 1.165) is 16.3 Å². The van der Waals surface area contributed by atoms with Gasteiger partial charge < -0.3 is 10.0 Å². The number of anilines is 1. The quantitative estimate of drug-likeness (QED) is 0.906. The van der Waals surface area contributed by atoms with Gasteiger partial charge >= 0.3 is 5.97 Å². The van der Waals surface area contributed by atoms with Crippen LogP contribution in [0.25, 0.3) is 0 Å². The standard InChI is InChI=1S/C14H17NO3S2/c1-10(8-14(17)18)20-9-13(16)15-6-7-19-12-5-3-2-4-11(12)15/h2-5,10H,6-9H2,1H3,(H,17,18). The maximum atomic E-state index is 12.3. The molecular formula is C14H17NO3S2. The second kappa shape index (κ2) is 7.04. The van der Waals surface area contributed by atoms with Crippen molar-refractivity contribution in [2.45, 2.75) is 23.5 Å². The fraction of sp³-hybridized carbons (Fsp3) is 0.429. The lowest BCUT2D eigenvalue weighted by Crippen LogP contribution is -2.37. The summed E-state index contributed by atoms with van der Waals surface area (Å²) in [5.41, 5.74) is 0.972. The number of carbonyl (C=O) groups excluding carboxylic acids is 1. The highest BCUT2D eigenvalue weighted by Crippen LogP contribution is 2.34. The van der Waals surface area contributed by atoms with Crippen molar-refractivity contribution in [1.29, 1.82) is 0 Å². The van der Waals surface area contributed by atoms with Gasteiger partial charge in [-0.3, -0.25) is 9.59 Å². The van der Waals surface area contributed by atoms with Crippen molar-refractivity contribution in [3.05, 3.63) is 24.3 Å². The highest BCUT2D eigenvalue weighted by molar-refractivity contribution is 8.00. The number of hydrogen-bond acceptors (Lipinski definition) is 4. The average Bonchev–Trinajstić information content (AvgIpc) is 2.43. The number of carboxylic acids is 1. The Morgan fingerprint density at radius 3 is 2.95 bits per heavy atom. The van der Waals surface area contributed by atoms with Crippen LogP contribution in [0.1, 0.15) is 13.3 Å². The molecule has 0 bridgehead atoms. The smallest absolute Gasteiger partial charge is 0.304 e. The van der Waals surface area contributed by atoms with E-state index in [1.165, 1.54) is 11.8 Å². The second-order valence-corrected chi connectivity index (χ2v) is 7.14.